The largest absolute Gasteiger partial charge is 0.493 e. The first kappa shape index (κ1) is 19.4. The van der Waals surface area contributed by atoms with Crippen LogP contribution in [0, 0.1) is 6.92 Å². The minimum Gasteiger partial charge on any atom is -0.493 e. The fraction of sp³-hybridized carbons (Fsp3) is 0.227. The first-order chi connectivity index (χ1) is 13.5. The Hall–Kier alpha value is -3.41. The Labute approximate surface area is 163 Å². The van der Waals surface area contributed by atoms with Crippen molar-refractivity contribution in [1.82, 2.24) is 0 Å². The number of aryl methyl sites for hydroxylation is 1. The van der Waals surface area contributed by atoms with E-state index < -0.39 is 5.97 Å². The molecule has 0 amide bonds. The Balaban J connectivity index is 1.71. The maximum absolute atomic E-state index is 12.3. The number of methoxy groups -OCH3 is 3. The predicted molar refractivity (Wildman–Crippen MR) is 104 cm³/mol. The van der Waals surface area contributed by atoms with E-state index in [4.69, 9.17) is 23.4 Å². The summed E-state index contributed by atoms with van der Waals surface area (Å²) in [6.07, 6.45) is 0. The standard InChI is InChI=1S/C22H22O6/c1-14-5-7-16(8-6-14)17-9-10-18(28-17)22(23)27-13-15-11-19(24-2)21(26-4)20(12-15)25-3/h5-12H,13H2,1-4H3. The van der Waals surface area contributed by atoms with Crippen molar-refractivity contribution >= 4 is 5.97 Å². The van der Waals surface area contributed by atoms with Gasteiger partial charge in [0.15, 0.2) is 11.5 Å². The summed E-state index contributed by atoms with van der Waals surface area (Å²) in [5, 5.41) is 0. The Bertz CT molecular complexity index is 930. The van der Waals surface area contributed by atoms with Crippen molar-refractivity contribution in [3.63, 3.8) is 0 Å². The number of furan rings is 1. The first-order valence-electron chi connectivity index (χ1n) is 8.68. The third-order valence-corrected chi connectivity index (χ3v) is 4.24. The third-order valence-electron chi connectivity index (χ3n) is 4.24. The van der Waals surface area contributed by atoms with Crippen LogP contribution < -0.4 is 14.2 Å². The molecule has 0 radical (unpaired) electrons. The van der Waals surface area contributed by atoms with Gasteiger partial charge in [0.05, 0.1) is 21.3 Å². The Morgan fingerprint density at radius 2 is 1.54 bits per heavy atom. The summed E-state index contributed by atoms with van der Waals surface area (Å²) < 4.78 is 26.9. The van der Waals surface area contributed by atoms with E-state index in [9.17, 15) is 4.79 Å². The predicted octanol–water partition coefficient (Wildman–Crippen LogP) is 4.64. The summed E-state index contributed by atoms with van der Waals surface area (Å²) in [4.78, 5) is 12.3. The van der Waals surface area contributed by atoms with E-state index in [2.05, 4.69) is 0 Å². The molecule has 0 fully saturated rings. The van der Waals surface area contributed by atoms with Gasteiger partial charge >= 0.3 is 5.97 Å². The topological polar surface area (TPSA) is 67.1 Å². The molecular weight excluding hydrogens is 360 g/mol. The summed E-state index contributed by atoms with van der Waals surface area (Å²) in [5.41, 5.74) is 2.75. The van der Waals surface area contributed by atoms with Crippen molar-refractivity contribution in [3.8, 4) is 28.6 Å². The van der Waals surface area contributed by atoms with Crippen LogP contribution in [-0.4, -0.2) is 27.3 Å². The average Bonchev–Trinajstić information content (AvgIpc) is 3.21. The molecule has 28 heavy (non-hydrogen) atoms. The molecule has 1 heterocycles. The van der Waals surface area contributed by atoms with E-state index in [0.717, 1.165) is 11.1 Å². The zero-order valence-corrected chi connectivity index (χ0v) is 16.3. The fourth-order valence-corrected chi connectivity index (χ4v) is 2.76. The lowest BCUT2D eigenvalue weighted by molar-refractivity contribution is 0.0436. The van der Waals surface area contributed by atoms with Gasteiger partial charge in [0.1, 0.15) is 12.4 Å². The number of carbonyl (C=O) groups is 1. The summed E-state index contributed by atoms with van der Waals surface area (Å²) in [5.74, 6) is 1.67. The monoisotopic (exact) mass is 382 g/mol. The molecule has 0 spiro atoms. The van der Waals surface area contributed by atoms with E-state index in [0.29, 0.717) is 28.6 Å². The number of benzene rings is 2. The molecule has 0 unspecified atom stereocenters. The molecule has 0 atom stereocenters. The van der Waals surface area contributed by atoms with Crippen LogP contribution in [0.2, 0.25) is 0 Å². The maximum atomic E-state index is 12.3. The number of rotatable bonds is 7. The quantitative estimate of drug-likeness (QED) is 0.555. The van der Waals surface area contributed by atoms with Gasteiger partial charge in [-0.1, -0.05) is 29.8 Å². The zero-order chi connectivity index (χ0) is 20.1. The highest BCUT2D eigenvalue weighted by Crippen LogP contribution is 2.38. The number of ether oxygens (including phenoxy) is 4. The molecule has 0 saturated heterocycles. The second-order valence-electron chi connectivity index (χ2n) is 6.14. The molecular formula is C22H22O6. The van der Waals surface area contributed by atoms with E-state index in [1.54, 1.807) is 24.3 Å². The van der Waals surface area contributed by atoms with Gasteiger partial charge in [0.2, 0.25) is 11.5 Å². The Morgan fingerprint density at radius 3 is 2.11 bits per heavy atom. The number of hydrogen-bond donors (Lipinski definition) is 0. The lowest BCUT2D eigenvalue weighted by Gasteiger charge is -2.14. The minimum atomic E-state index is -0.549. The molecule has 2 aromatic carbocycles. The van der Waals surface area contributed by atoms with Crippen molar-refractivity contribution in [2.45, 2.75) is 13.5 Å². The van der Waals surface area contributed by atoms with E-state index in [1.807, 2.05) is 31.2 Å². The van der Waals surface area contributed by atoms with Gasteiger partial charge in [-0.25, -0.2) is 4.79 Å². The van der Waals surface area contributed by atoms with Gasteiger partial charge in [-0.15, -0.1) is 0 Å². The number of esters is 1. The molecule has 0 saturated carbocycles. The van der Waals surface area contributed by atoms with Crippen molar-refractivity contribution in [1.29, 1.82) is 0 Å². The van der Waals surface area contributed by atoms with Gasteiger partial charge in [0.25, 0.3) is 0 Å². The van der Waals surface area contributed by atoms with Gasteiger partial charge in [-0.05, 0) is 36.8 Å². The van der Waals surface area contributed by atoms with Crippen molar-refractivity contribution in [2.24, 2.45) is 0 Å². The molecule has 6 heteroatoms. The maximum Gasteiger partial charge on any atom is 0.374 e. The molecule has 3 rings (SSSR count). The van der Waals surface area contributed by atoms with Crippen molar-refractivity contribution in [3.05, 3.63) is 65.4 Å². The van der Waals surface area contributed by atoms with Crippen LogP contribution >= 0.6 is 0 Å². The molecule has 3 aromatic rings. The SMILES string of the molecule is COc1cc(COC(=O)c2ccc(-c3ccc(C)cc3)o2)cc(OC)c1OC. The van der Waals surface area contributed by atoms with Crippen LogP contribution in [0.25, 0.3) is 11.3 Å². The summed E-state index contributed by atoms with van der Waals surface area (Å²) in [6, 6.07) is 14.7. The molecule has 1 aromatic heterocycles. The van der Waals surface area contributed by atoms with Crippen LogP contribution in [0.3, 0.4) is 0 Å². The van der Waals surface area contributed by atoms with Crippen LogP contribution in [0.15, 0.2) is 52.9 Å². The van der Waals surface area contributed by atoms with Crippen LogP contribution in [0.1, 0.15) is 21.7 Å². The second-order valence-corrected chi connectivity index (χ2v) is 6.14. The average molecular weight is 382 g/mol. The zero-order valence-electron chi connectivity index (χ0n) is 16.3. The molecule has 0 aliphatic heterocycles. The molecule has 6 nitrogen and oxygen atoms in total. The van der Waals surface area contributed by atoms with E-state index >= 15 is 0 Å². The van der Waals surface area contributed by atoms with Gasteiger partial charge in [-0.3, -0.25) is 0 Å². The number of carbonyl (C=O) groups excluding carboxylic acids is 1. The second kappa shape index (κ2) is 8.52. The lowest BCUT2D eigenvalue weighted by atomic mass is 10.1. The summed E-state index contributed by atoms with van der Waals surface area (Å²) in [7, 11) is 4.59. The Kier molecular flexibility index (Phi) is 5.89. The Morgan fingerprint density at radius 1 is 0.893 bits per heavy atom. The smallest absolute Gasteiger partial charge is 0.374 e. The summed E-state index contributed by atoms with van der Waals surface area (Å²) in [6.45, 7) is 2.05. The highest BCUT2D eigenvalue weighted by molar-refractivity contribution is 5.87. The molecule has 0 aliphatic rings. The van der Waals surface area contributed by atoms with Gasteiger partial charge in [0, 0.05) is 5.56 Å². The first-order valence-corrected chi connectivity index (χ1v) is 8.68. The van der Waals surface area contributed by atoms with Crippen molar-refractivity contribution < 1.29 is 28.2 Å². The molecule has 146 valence electrons. The fourth-order valence-electron chi connectivity index (χ4n) is 2.76. The number of hydrogen-bond acceptors (Lipinski definition) is 6. The minimum absolute atomic E-state index is 0.0378. The lowest BCUT2D eigenvalue weighted by Crippen LogP contribution is -2.05. The molecule has 0 bridgehead atoms. The molecule has 0 N–H and O–H groups in total. The van der Waals surface area contributed by atoms with Crippen LogP contribution in [0.5, 0.6) is 17.2 Å². The van der Waals surface area contributed by atoms with Crippen molar-refractivity contribution in [2.75, 3.05) is 21.3 Å². The van der Waals surface area contributed by atoms with E-state index in [-0.39, 0.29) is 12.4 Å². The highest BCUT2D eigenvalue weighted by Gasteiger charge is 2.17. The van der Waals surface area contributed by atoms with E-state index in [1.165, 1.54) is 21.3 Å². The molecule has 0 aliphatic carbocycles. The third kappa shape index (κ3) is 4.11. The van der Waals surface area contributed by atoms with Crippen LogP contribution in [-0.2, 0) is 11.3 Å². The van der Waals surface area contributed by atoms with Crippen LogP contribution in [0.4, 0.5) is 0 Å². The van der Waals surface area contributed by atoms with Gasteiger partial charge in [-0.2, -0.15) is 0 Å². The van der Waals surface area contributed by atoms with Gasteiger partial charge < -0.3 is 23.4 Å². The summed E-state index contributed by atoms with van der Waals surface area (Å²) >= 11 is 0. The highest BCUT2D eigenvalue weighted by atomic mass is 16.5. The normalized spacial score (nSPS) is 10.4.